The first kappa shape index (κ1) is 11.3. The van der Waals surface area contributed by atoms with Crippen molar-refractivity contribution in [2.24, 2.45) is 11.1 Å². The zero-order chi connectivity index (χ0) is 9.78. The van der Waals surface area contributed by atoms with Crippen LogP contribution in [0.3, 0.4) is 0 Å². The molecule has 70 valence electrons. The Bertz CT molecular complexity index is 187. The van der Waals surface area contributed by atoms with E-state index < -0.39 is 0 Å². The highest BCUT2D eigenvalue weighted by molar-refractivity contribution is 5.22. The van der Waals surface area contributed by atoms with Gasteiger partial charge in [-0.05, 0) is 25.3 Å². The van der Waals surface area contributed by atoms with Gasteiger partial charge in [-0.15, -0.1) is 6.58 Å². The third-order valence-corrected chi connectivity index (χ3v) is 2.70. The van der Waals surface area contributed by atoms with Crippen LogP contribution >= 0.6 is 0 Å². The SMILES string of the molecule is C=CC(C)(CC)/C(CC)=C(\C)N. The summed E-state index contributed by atoms with van der Waals surface area (Å²) in [5.74, 6) is 0. The van der Waals surface area contributed by atoms with Crippen LogP contribution in [0.1, 0.15) is 40.5 Å². The van der Waals surface area contributed by atoms with Gasteiger partial charge in [-0.2, -0.15) is 0 Å². The summed E-state index contributed by atoms with van der Waals surface area (Å²) in [6.07, 6.45) is 4.08. The average molecular weight is 167 g/mol. The molecule has 0 aromatic carbocycles. The predicted molar refractivity (Wildman–Crippen MR) is 55.8 cm³/mol. The van der Waals surface area contributed by atoms with E-state index in [1.807, 2.05) is 13.0 Å². The summed E-state index contributed by atoms with van der Waals surface area (Å²) in [4.78, 5) is 0. The van der Waals surface area contributed by atoms with Crippen LogP contribution in [0.2, 0.25) is 0 Å². The molecule has 0 heterocycles. The van der Waals surface area contributed by atoms with E-state index in [1.165, 1.54) is 5.57 Å². The van der Waals surface area contributed by atoms with E-state index in [2.05, 4.69) is 27.4 Å². The van der Waals surface area contributed by atoms with E-state index in [0.29, 0.717) is 0 Å². The monoisotopic (exact) mass is 167 g/mol. The largest absolute Gasteiger partial charge is 0.402 e. The fraction of sp³-hybridized carbons (Fsp3) is 0.636. The lowest BCUT2D eigenvalue weighted by molar-refractivity contribution is 0.475. The minimum atomic E-state index is 0.0909. The van der Waals surface area contributed by atoms with Crippen molar-refractivity contribution in [3.8, 4) is 0 Å². The molecule has 0 aromatic rings. The molecule has 0 fully saturated rings. The molecular formula is C11H21N. The maximum Gasteiger partial charge on any atom is 0.00769 e. The standard InChI is InChI=1S/C11H21N/c1-6-10(9(4)12)11(5,7-2)8-3/h7H,2,6,8,12H2,1,3-5H3/b10-9+. The summed E-state index contributed by atoms with van der Waals surface area (Å²) in [5, 5.41) is 0. The Morgan fingerprint density at radius 3 is 2.08 bits per heavy atom. The first-order chi connectivity index (χ1) is 5.51. The van der Waals surface area contributed by atoms with Crippen molar-refractivity contribution >= 4 is 0 Å². The molecule has 0 aliphatic heterocycles. The van der Waals surface area contributed by atoms with Gasteiger partial charge in [-0.3, -0.25) is 0 Å². The van der Waals surface area contributed by atoms with Crippen molar-refractivity contribution in [1.82, 2.24) is 0 Å². The number of allylic oxidation sites excluding steroid dienone is 3. The molecule has 0 aliphatic carbocycles. The van der Waals surface area contributed by atoms with Crippen molar-refractivity contribution in [3.05, 3.63) is 23.9 Å². The van der Waals surface area contributed by atoms with Gasteiger partial charge in [0.15, 0.2) is 0 Å². The molecule has 0 radical (unpaired) electrons. The van der Waals surface area contributed by atoms with E-state index in [0.717, 1.165) is 18.5 Å². The van der Waals surface area contributed by atoms with E-state index in [9.17, 15) is 0 Å². The predicted octanol–water partition coefficient (Wildman–Crippen LogP) is 3.23. The second-order valence-electron chi connectivity index (χ2n) is 3.49. The lowest BCUT2D eigenvalue weighted by Gasteiger charge is -2.28. The van der Waals surface area contributed by atoms with Crippen LogP contribution in [0.15, 0.2) is 23.9 Å². The van der Waals surface area contributed by atoms with E-state index in [-0.39, 0.29) is 5.41 Å². The van der Waals surface area contributed by atoms with Crippen LogP contribution < -0.4 is 5.73 Å². The van der Waals surface area contributed by atoms with Crippen molar-refractivity contribution in [2.45, 2.75) is 40.5 Å². The Morgan fingerprint density at radius 2 is 2.00 bits per heavy atom. The highest BCUT2D eigenvalue weighted by Gasteiger charge is 2.22. The molecule has 0 amide bonds. The fourth-order valence-corrected chi connectivity index (χ4v) is 1.61. The molecule has 0 saturated heterocycles. The molecule has 1 unspecified atom stereocenters. The Hall–Kier alpha value is -0.720. The second-order valence-corrected chi connectivity index (χ2v) is 3.49. The van der Waals surface area contributed by atoms with Crippen LogP contribution in [0.25, 0.3) is 0 Å². The van der Waals surface area contributed by atoms with Crippen LogP contribution in [-0.2, 0) is 0 Å². The molecule has 1 nitrogen and oxygen atoms in total. The fourth-order valence-electron chi connectivity index (χ4n) is 1.61. The average Bonchev–Trinajstić information content (AvgIpc) is 2.04. The lowest BCUT2D eigenvalue weighted by atomic mass is 9.77. The summed E-state index contributed by atoms with van der Waals surface area (Å²) in [5.41, 5.74) is 8.17. The highest BCUT2D eigenvalue weighted by Crippen LogP contribution is 2.34. The van der Waals surface area contributed by atoms with Gasteiger partial charge >= 0.3 is 0 Å². The van der Waals surface area contributed by atoms with Crippen molar-refractivity contribution in [3.63, 3.8) is 0 Å². The van der Waals surface area contributed by atoms with Gasteiger partial charge < -0.3 is 5.73 Å². The van der Waals surface area contributed by atoms with Gasteiger partial charge in [0.05, 0.1) is 0 Å². The third-order valence-electron chi connectivity index (χ3n) is 2.70. The van der Waals surface area contributed by atoms with Gasteiger partial charge in [0.1, 0.15) is 0 Å². The third kappa shape index (κ3) is 2.13. The molecular weight excluding hydrogens is 146 g/mol. The molecule has 2 N–H and O–H groups in total. The lowest BCUT2D eigenvalue weighted by Crippen LogP contribution is -2.18. The van der Waals surface area contributed by atoms with Gasteiger partial charge in [0, 0.05) is 11.1 Å². The second kappa shape index (κ2) is 4.34. The number of nitrogens with two attached hydrogens (primary N) is 1. The van der Waals surface area contributed by atoms with Crippen LogP contribution in [0, 0.1) is 5.41 Å². The number of rotatable bonds is 4. The molecule has 1 atom stereocenters. The Kier molecular flexibility index (Phi) is 4.08. The van der Waals surface area contributed by atoms with Crippen LogP contribution in [-0.4, -0.2) is 0 Å². The van der Waals surface area contributed by atoms with Crippen molar-refractivity contribution < 1.29 is 0 Å². The topological polar surface area (TPSA) is 26.0 Å². The minimum Gasteiger partial charge on any atom is -0.402 e. The van der Waals surface area contributed by atoms with E-state index in [4.69, 9.17) is 5.73 Å². The van der Waals surface area contributed by atoms with Crippen molar-refractivity contribution in [2.75, 3.05) is 0 Å². The summed E-state index contributed by atoms with van der Waals surface area (Å²) in [6, 6.07) is 0. The molecule has 0 rings (SSSR count). The molecule has 0 spiro atoms. The first-order valence-electron chi connectivity index (χ1n) is 4.61. The molecule has 0 bridgehead atoms. The van der Waals surface area contributed by atoms with Gasteiger partial charge in [-0.1, -0.05) is 26.8 Å². The normalized spacial score (nSPS) is 18.0. The Labute approximate surface area is 76.3 Å². The van der Waals surface area contributed by atoms with E-state index >= 15 is 0 Å². The summed E-state index contributed by atoms with van der Waals surface area (Å²) >= 11 is 0. The Balaban J connectivity index is 4.94. The smallest absolute Gasteiger partial charge is 0.00769 e. The molecule has 0 aliphatic rings. The van der Waals surface area contributed by atoms with Crippen LogP contribution in [0.5, 0.6) is 0 Å². The minimum absolute atomic E-state index is 0.0909. The van der Waals surface area contributed by atoms with E-state index in [1.54, 1.807) is 0 Å². The first-order valence-corrected chi connectivity index (χ1v) is 4.61. The van der Waals surface area contributed by atoms with Gasteiger partial charge in [0.25, 0.3) is 0 Å². The van der Waals surface area contributed by atoms with Crippen molar-refractivity contribution in [1.29, 1.82) is 0 Å². The Morgan fingerprint density at radius 1 is 1.50 bits per heavy atom. The van der Waals surface area contributed by atoms with Gasteiger partial charge in [-0.25, -0.2) is 0 Å². The zero-order valence-electron chi connectivity index (χ0n) is 8.78. The molecule has 0 aromatic heterocycles. The summed E-state index contributed by atoms with van der Waals surface area (Å²) in [6.45, 7) is 12.3. The number of hydrogen-bond acceptors (Lipinski definition) is 1. The number of hydrogen-bond donors (Lipinski definition) is 1. The molecule has 12 heavy (non-hydrogen) atoms. The summed E-state index contributed by atoms with van der Waals surface area (Å²) in [7, 11) is 0. The molecule has 0 saturated carbocycles. The van der Waals surface area contributed by atoms with Gasteiger partial charge in [0.2, 0.25) is 0 Å². The quantitative estimate of drug-likeness (QED) is 0.639. The summed E-state index contributed by atoms with van der Waals surface area (Å²) < 4.78 is 0. The maximum atomic E-state index is 5.82. The highest BCUT2D eigenvalue weighted by atomic mass is 14.6. The maximum absolute atomic E-state index is 5.82. The zero-order valence-corrected chi connectivity index (χ0v) is 8.78. The molecule has 1 heteroatoms. The van der Waals surface area contributed by atoms with Crippen LogP contribution in [0.4, 0.5) is 0 Å².